The molecule has 0 unspecified atom stereocenters. The van der Waals surface area contributed by atoms with Crippen LogP contribution >= 0.6 is 0 Å². The van der Waals surface area contributed by atoms with Gasteiger partial charge in [0.05, 0.1) is 5.56 Å². The number of carbonyl (C=O) groups is 1. The molecule has 0 aliphatic heterocycles. The highest BCUT2D eigenvalue weighted by Gasteiger charge is 2.16. The number of aryl methyl sites for hydroxylation is 2. The molecule has 0 spiro atoms. The van der Waals surface area contributed by atoms with Crippen LogP contribution in [-0.2, 0) is 17.6 Å². The second kappa shape index (κ2) is 7.32. The first-order valence-electron chi connectivity index (χ1n) is 8.02. The van der Waals surface area contributed by atoms with Crippen molar-refractivity contribution >= 4 is 11.9 Å². The summed E-state index contributed by atoms with van der Waals surface area (Å²) in [5.74, 6) is 0.596. The number of hydrogen-bond donors (Lipinski definition) is 2. The maximum Gasteiger partial charge on any atom is 0.407 e. The van der Waals surface area contributed by atoms with E-state index in [9.17, 15) is 10.1 Å². The van der Waals surface area contributed by atoms with Crippen LogP contribution in [0.2, 0.25) is 0 Å². The van der Waals surface area contributed by atoms with E-state index in [1.165, 1.54) is 5.56 Å². The van der Waals surface area contributed by atoms with Gasteiger partial charge < -0.3 is 15.4 Å². The van der Waals surface area contributed by atoms with Gasteiger partial charge in [0.2, 0.25) is 0 Å². The third kappa shape index (κ3) is 5.13. The minimum absolute atomic E-state index is 0.401. The Hall–Kier alpha value is -2.29. The normalized spacial score (nSPS) is 13.7. The predicted octanol–water partition coefficient (Wildman–Crippen LogP) is 2.77. The van der Waals surface area contributed by atoms with Crippen LogP contribution in [0.25, 0.3) is 0 Å². The zero-order valence-electron chi connectivity index (χ0n) is 14.0. The van der Waals surface area contributed by atoms with Crippen LogP contribution in [0.1, 0.15) is 50.4 Å². The van der Waals surface area contributed by atoms with E-state index >= 15 is 0 Å². The Morgan fingerprint density at radius 1 is 1.35 bits per heavy atom. The van der Waals surface area contributed by atoms with Gasteiger partial charge in [-0.05, 0) is 58.1 Å². The number of anilines is 1. The molecular weight excluding hydrogens is 292 g/mol. The first kappa shape index (κ1) is 17.1. The first-order chi connectivity index (χ1) is 10.9. The molecule has 0 saturated carbocycles. The zero-order chi connectivity index (χ0) is 16.9. The van der Waals surface area contributed by atoms with Crippen molar-refractivity contribution in [2.24, 2.45) is 0 Å². The maximum atomic E-state index is 11.6. The number of hydrogen-bond acceptors (Lipinski definition) is 5. The number of nitrogens with one attached hydrogen (secondary N) is 2. The van der Waals surface area contributed by atoms with E-state index < -0.39 is 11.7 Å². The number of ether oxygens (including phenoxy) is 1. The molecule has 0 bridgehead atoms. The fourth-order valence-corrected chi connectivity index (χ4v) is 2.51. The lowest BCUT2D eigenvalue weighted by Gasteiger charge is -2.20. The fourth-order valence-electron chi connectivity index (χ4n) is 2.51. The molecule has 2 N–H and O–H groups in total. The molecular formula is C17H24N4O2. The summed E-state index contributed by atoms with van der Waals surface area (Å²) in [6, 6.07) is 4.13. The number of rotatable bonds is 4. The summed E-state index contributed by atoms with van der Waals surface area (Å²) in [7, 11) is 0. The smallest absolute Gasteiger partial charge is 0.407 e. The van der Waals surface area contributed by atoms with Crippen molar-refractivity contribution in [3.05, 3.63) is 22.9 Å². The Balaban J connectivity index is 1.88. The Morgan fingerprint density at radius 2 is 2.09 bits per heavy atom. The van der Waals surface area contributed by atoms with Crippen molar-refractivity contribution in [1.29, 1.82) is 5.26 Å². The average molecular weight is 316 g/mol. The lowest BCUT2D eigenvalue weighted by molar-refractivity contribution is 0.0530. The molecule has 2 rings (SSSR count). The van der Waals surface area contributed by atoms with Crippen LogP contribution in [0, 0.1) is 11.3 Å². The predicted molar refractivity (Wildman–Crippen MR) is 88.3 cm³/mol. The third-order valence-electron chi connectivity index (χ3n) is 3.51. The van der Waals surface area contributed by atoms with Crippen LogP contribution in [0.5, 0.6) is 0 Å². The zero-order valence-corrected chi connectivity index (χ0v) is 14.0. The second-order valence-corrected chi connectivity index (χ2v) is 6.66. The van der Waals surface area contributed by atoms with Crippen LogP contribution in [0.3, 0.4) is 0 Å². The van der Waals surface area contributed by atoms with Crippen molar-refractivity contribution < 1.29 is 9.53 Å². The molecule has 124 valence electrons. The lowest BCUT2D eigenvalue weighted by atomic mass is 9.95. The van der Waals surface area contributed by atoms with E-state index in [0.29, 0.717) is 24.5 Å². The number of pyridine rings is 1. The number of carbonyl (C=O) groups excluding carboxylic acids is 1. The Kier molecular flexibility index (Phi) is 5.43. The molecule has 1 aromatic heterocycles. The van der Waals surface area contributed by atoms with Gasteiger partial charge in [-0.3, -0.25) is 0 Å². The average Bonchev–Trinajstić information content (AvgIpc) is 2.49. The highest BCUT2D eigenvalue weighted by molar-refractivity contribution is 5.67. The van der Waals surface area contributed by atoms with Crippen molar-refractivity contribution in [1.82, 2.24) is 10.3 Å². The van der Waals surface area contributed by atoms with E-state index in [-0.39, 0.29) is 0 Å². The molecule has 1 aromatic rings. The van der Waals surface area contributed by atoms with Crippen molar-refractivity contribution in [2.75, 3.05) is 18.4 Å². The lowest BCUT2D eigenvalue weighted by Crippen LogP contribution is -2.35. The number of nitrogens with zero attached hydrogens (tertiary/aromatic N) is 2. The molecule has 6 heteroatoms. The van der Waals surface area contributed by atoms with Gasteiger partial charge in [-0.15, -0.1) is 0 Å². The summed E-state index contributed by atoms with van der Waals surface area (Å²) >= 11 is 0. The highest BCUT2D eigenvalue weighted by Crippen LogP contribution is 2.24. The molecule has 0 atom stereocenters. The molecule has 1 aliphatic carbocycles. The van der Waals surface area contributed by atoms with Gasteiger partial charge in [0.25, 0.3) is 0 Å². The van der Waals surface area contributed by atoms with Gasteiger partial charge in [0.15, 0.2) is 0 Å². The standard InChI is InChI=1S/C17H24N4O2/c1-17(2,3)23-16(22)20-9-8-19-15-13(11-18)10-12-6-4-5-7-14(12)21-15/h10H,4-9H2,1-3H3,(H,19,21)(H,20,22). The Labute approximate surface area is 137 Å². The molecule has 0 aromatic carbocycles. The topological polar surface area (TPSA) is 87.0 Å². The monoisotopic (exact) mass is 316 g/mol. The molecule has 0 fully saturated rings. The second-order valence-electron chi connectivity index (χ2n) is 6.66. The molecule has 1 heterocycles. The SMILES string of the molecule is CC(C)(C)OC(=O)NCCNc1nc2c(cc1C#N)CCCC2. The fraction of sp³-hybridized carbons (Fsp3) is 0.588. The highest BCUT2D eigenvalue weighted by atomic mass is 16.6. The van der Waals surface area contributed by atoms with Crippen molar-refractivity contribution in [3.63, 3.8) is 0 Å². The summed E-state index contributed by atoms with van der Waals surface area (Å²) in [5, 5.41) is 15.1. The van der Waals surface area contributed by atoms with E-state index in [0.717, 1.165) is 31.4 Å². The Bertz CT molecular complexity index is 614. The van der Waals surface area contributed by atoms with E-state index in [2.05, 4.69) is 21.7 Å². The number of aromatic nitrogens is 1. The van der Waals surface area contributed by atoms with Gasteiger partial charge in [-0.1, -0.05) is 0 Å². The number of nitriles is 1. The van der Waals surface area contributed by atoms with Gasteiger partial charge in [-0.25, -0.2) is 9.78 Å². The molecule has 23 heavy (non-hydrogen) atoms. The molecule has 0 saturated heterocycles. The van der Waals surface area contributed by atoms with Crippen LogP contribution in [0.15, 0.2) is 6.07 Å². The molecule has 1 aliphatic rings. The number of alkyl carbamates (subject to hydrolysis) is 1. The minimum atomic E-state index is -0.508. The number of fused-ring (bicyclic) bond motifs is 1. The summed E-state index contributed by atoms with van der Waals surface area (Å²) in [4.78, 5) is 16.1. The summed E-state index contributed by atoms with van der Waals surface area (Å²) in [5.41, 5.74) is 2.32. The van der Waals surface area contributed by atoms with Crippen molar-refractivity contribution in [3.8, 4) is 6.07 Å². The van der Waals surface area contributed by atoms with E-state index in [1.807, 2.05) is 26.8 Å². The summed E-state index contributed by atoms with van der Waals surface area (Å²) < 4.78 is 5.16. The van der Waals surface area contributed by atoms with Crippen LogP contribution in [-0.4, -0.2) is 29.8 Å². The molecule has 0 radical (unpaired) electrons. The first-order valence-corrected chi connectivity index (χ1v) is 8.02. The Morgan fingerprint density at radius 3 is 2.78 bits per heavy atom. The van der Waals surface area contributed by atoms with Gasteiger partial charge in [-0.2, -0.15) is 5.26 Å². The van der Waals surface area contributed by atoms with Gasteiger partial charge in [0, 0.05) is 18.8 Å². The van der Waals surface area contributed by atoms with Gasteiger partial charge >= 0.3 is 6.09 Å². The largest absolute Gasteiger partial charge is 0.444 e. The number of amides is 1. The van der Waals surface area contributed by atoms with Crippen LogP contribution in [0.4, 0.5) is 10.6 Å². The quantitative estimate of drug-likeness (QED) is 0.834. The third-order valence-corrected chi connectivity index (χ3v) is 3.51. The maximum absolute atomic E-state index is 11.6. The van der Waals surface area contributed by atoms with E-state index in [1.54, 1.807) is 0 Å². The van der Waals surface area contributed by atoms with Crippen molar-refractivity contribution in [2.45, 2.75) is 52.1 Å². The molecule has 1 amide bonds. The minimum Gasteiger partial charge on any atom is -0.444 e. The van der Waals surface area contributed by atoms with E-state index in [4.69, 9.17) is 4.74 Å². The summed E-state index contributed by atoms with van der Waals surface area (Å²) in [6.45, 7) is 6.35. The van der Waals surface area contributed by atoms with Crippen LogP contribution < -0.4 is 10.6 Å². The summed E-state index contributed by atoms with van der Waals surface area (Å²) in [6.07, 6.45) is 3.82. The van der Waals surface area contributed by atoms with Gasteiger partial charge in [0.1, 0.15) is 17.5 Å². The molecule has 6 nitrogen and oxygen atoms in total.